The second-order valence-electron chi connectivity index (χ2n) is 6.76. The number of nitrogens with one attached hydrogen (secondary N) is 1. The van der Waals surface area contributed by atoms with Gasteiger partial charge in [-0.2, -0.15) is 0 Å². The number of urea groups is 1. The monoisotopic (exact) mass is 346 g/mol. The molecule has 1 aromatic rings. The Morgan fingerprint density at radius 3 is 3.08 bits per heavy atom. The lowest BCUT2D eigenvalue weighted by molar-refractivity contribution is -0.134. The van der Waals surface area contributed by atoms with Crippen LogP contribution >= 0.6 is 0 Å². The van der Waals surface area contributed by atoms with E-state index in [-0.39, 0.29) is 23.9 Å². The van der Waals surface area contributed by atoms with Crippen molar-refractivity contribution in [3.05, 3.63) is 24.5 Å². The van der Waals surface area contributed by atoms with E-state index < -0.39 is 0 Å². The van der Waals surface area contributed by atoms with Crippen LogP contribution in [-0.2, 0) is 4.79 Å². The standard InChI is InChI=1S/C18H26N4O3/c1-21-15-6-2-5-14(17(21)23)12-22(13-15)18(24)20-9-4-10-25-16-7-3-8-19-11-16/h3,7-8,11,14-15H,2,4-6,9-10,12-13H2,1H3,(H,20,24)/t14-,15+/m1/s1. The summed E-state index contributed by atoms with van der Waals surface area (Å²) in [5, 5.41) is 2.95. The van der Waals surface area contributed by atoms with Crippen molar-refractivity contribution in [3.8, 4) is 5.75 Å². The van der Waals surface area contributed by atoms with Crippen LogP contribution in [0.3, 0.4) is 0 Å². The van der Waals surface area contributed by atoms with Gasteiger partial charge in [0, 0.05) is 38.9 Å². The molecule has 2 saturated heterocycles. The van der Waals surface area contributed by atoms with Crippen molar-refractivity contribution in [2.75, 3.05) is 33.3 Å². The second kappa shape index (κ2) is 8.18. The summed E-state index contributed by atoms with van der Waals surface area (Å²) < 4.78 is 5.56. The van der Waals surface area contributed by atoms with Gasteiger partial charge in [0.25, 0.3) is 0 Å². The number of aromatic nitrogens is 1. The summed E-state index contributed by atoms with van der Waals surface area (Å²) in [5.41, 5.74) is 0. The van der Waals surface area contributed by atoms with Gasteiger partial charge < -0.3 is 19.9 Å². The molecule has 2 fully saturated rings. The van der Waals surface area contributed by atoms with Gasteiger partial charge in [-0.3, -0.25) is 9.78 Å². The number of carbonyl (C=O) groups excluding carboxylic acids is 2. The van der Waals surface area contributed by atoms with Crippen LogP contribution in [0.1, 0.15) is 25.7 Å². The molecule has 2 aliphatic rings. The molecule has 2 bridgehead atoms. The normalized spacial score (nSPS) is 23.2. The molecule has 0 radical (unpaired) electrons. The second-order valence-corrected chi connectivity index (χ2v) is 6.76. The Labute approximate surface area is 148 Å². The minimum atomic E-state index is -0.0821. The fourth-order valence-corrected chi connectivity index (χ4v) is 3.53. The van der Waals surface area contributed by atoms with E-state index in [1.807, 2.05) is 24.1 Å². The molecule has 3 amide bonds. The molecular weight excluding hydrogens is 320 g/mol. The smallest absolute Gasteiger partial charge is 0.317 e. The first-order valence-electron chi connectivity index (χ1n) is 8.97. The van der Waals surface area contributed by atoms with E-state index in [4.69, 9.17) is 4.74 Å². The molecule has 25 heavy (non-hydrogen) atoms. The minimum Gasteiger partial charge on any atom is -0.492 e. The first kappa shape index (κ1) is 17.5. The van der Waals surface area contributed by atoms with E-state index in [1.54, 1.807) is 17.3 Å². The number of hydrogen-bond acceptors (Lipinski definition) is 4. The lowest BCUT2D eigenvalue weighted by Crippen LogP contribution is -2.46. The van der Waals surface area contributed by atoms with Crippen LogP contribution in [-0.4, -0.2) is 66.1 Å². The molecule has 3 rings (SSSR count). The fraction of sp³-hybridized carbons (Fsp3) is 0.611. The van der Waals surface area contributed by atoms with E-state index in [1.165, 1.54) is 0 Å². The maximum atomic E-state index is 12.5. The van der Waals surface area contributed by atoms with Crippen molar-refractivity contribution in [1.29, 1.82) is 0 Å². The molecule has 2 atom stereocenters. The van der Waals surface area contributed by atoms with Gasteiger partial charge in [0.1, 0.15) is 5.75 Å². The van der Waals surface area contributed by atoms with Crippen molar-refractivity contribution >= 4 is 11.9 Å². The zero-order chi connectivity index (χ0) is 17.6. The Hall–Kier alpha value is -2.31. The van der Waals surface area contributed by atoms with Gasteiger partial charge in [-0.1, -0.05) is 6.42 Å². The number of hydrogen-bond donors (Lipinski definition) is 1. The van der Waals surface area contributed by atoms with Crippen LogP contribution < -0.4 is 10.1 Å². The molecule has 3 heterocycles. The van der Waals surface area contributed by atoms with E-state index in [0.29, 0.717) is 26.2 Å². The van der Waals surface area contributed by atoms with Crippen LogP contribution in [0.25, 0.3) is 0 Å². The van der Waals surface area contributed by atoms with Crippen LogP contribution in [0.4, 0.5) is 4.79 Å². The molecule has 0 aromatic carbocycles. The molecule has 0 aliphatic carbocycles. The third-order valence-corrected chi connectivity index (χ3v) is 4.99. The maximum Gasteiger partial charge on any atom is 0.317 e. The number of nitrogens with zero attached hydrogens (tertiary/aromatic N) is 3. The van der Waals surface area contributed by atoms with Gasteiger partial charge >= 0.3 is 6.03 Å². The van der Waals surface area contributed by atoms with Gasteiger partial charge in [0.15, 0.2) is 0 Å². The molecule has 7 nitrogen and oxygen atoms in total. The first-order chi connectivity index (χ1) is 12.1. The highest BCUT2D eigenvalue weighted by Gasteiger charge is 2.37. The molecule has 7 heteroatoms. The van der Waals surface area contributed by atoms with Crippen molar-refractivity contribution in [2.24, 2.45) is 5.92 Å². The quantitative estimate of drug-likeness (QED) is 0.820. The van der Waals surface area contributed by atoms with Gasteiger partial charge in [-0.15, -0.1) is 0 Å². The third-order valence-electron chi connectivity index (χ3n) is 4.99. The Morgan fingerprint density at radius 2 is 2.28 bits per heavy atom. The topological polar surface area (TPSA) is 74.8 Å². The SMILES string of the molecule is CN1C(=O)[C@@H]2CCC[C@H]1CN(C(=O)NCCCOc1cccnc1)C2. The van der Waals surface area contributed by atoms with Crippen molar-refractivity contribution in [3.63, 3.8) is 0 Å². The highest BCUT2D eigenvalue weighted by molar-refractivity contribution is 5.82. The van der Waals surface area contributed by atoms with E-state index >= 15 is 0 Å². The largest absolute Gasteiger partial charge is 0.492 e. The minimum absolute atomic E-state index is 0.0582. The summed E-state index contributed by atoms with van der Waals surface area (Å²) in [6.07, 6.45) is 7.00. The third kappa shape index (κ3) is 4.41. The average Bonchev–Trinajstić information content (AvgIpc) is 2.80. The number of likely N-dealkylation sites (tertiary alicyclic amines) is 1. The van der Waals surface area contributed by atoms with E-state index in [9.17, 15) is 9.59 Å². The van der Waals surface area contributed by atoms with Crippen LogP contribution in [0.2, 0.25) is 0 Å². The van der Waals surface area contributed by atoms with Crippen molar-refractivity contribution in [1.82, 2.24) is 20.1 Å². The number of rotatable bonds is 5. The summed E-state index contributed by atoms with van der Waals surface area (Å²) in [6.45, 7) is 2.22. The summed E-state index contributed by atoms with van der Waals surface area (Å²) in [6, 6.07) is 3.74. The highest BCUT2D eigenvalue weighted by atomic mass is 16.5. The van der Waals surface area contributed by atoms with E-state index in [0.717, 1.165) is 31.4 Å². The number of carbonyl (C=O) groups is 2. The van der Waals surface area contributed by atoms with Gasteiger partial charge in [-0.25, -0.2) is 4.79 Å². The Bertz CT molecular complexity index is 595. The zero-order valence-electron chi connectivity index (χ0n) is 14.7. The zero-order valence-corrected chi connectivity index (χ0v) is 14.7. The van der Waals surface area contributed by atoms with Gasteiger partial charge in [0.05, 0.1) is 18.7 Å². The number of likely N-dealkylation sites (N-methyl/N-ethyl adjacent to an activating group) is 1. The van der Waals surface area contributed by atoms with Crippen LogP contribution in [0, 0.1) is 5.92 Å². The Balaban J connectivity index is 1.43. The average molecular weight is 346 g/mol. The molecule has 0 saturated carbocycles. The van der Waals surface area contributed by atoms with Crippen LogP contribution in [0.5, 0.6) is 5.75 Å². The lowest BCUT2D eigenvalue weighted by atomic mass is 9.99. The molecular formula is C18H26N4O3. The predicted molar refractivity (Wildman–Crippen MR) is 93.2 cm³/mol. The highest BCUT2D eigenvalue weighted by Crippen LogP contribution is 2.26. The van der Waals surface area contributed by atoms with Crippen LogP contribution in [0.15, 0.2) is 24.5 Å². The van der Waals surface area contributed by atoms with Crippen molar-refractivity contribution < 1.29 is 14.3 Å². The van der Waals surface area contributed by atoms with Gasteiger partial charge in [0.2, 0.25) is 5.91 Å². The predicted octanol–water partition coefficient (Wildman–Crippen LogP) is 1.50. The fourth-order valence-electron chi connectivity index (χ4n) is 3.53. The summed E-state index contributed by atoms with van der Waals surface area (Å²) in [7, 11) is 1.86. The summed E-state index contributed by atoms with van der Waals surface area (Å²) in [5.74, 6) is 0.857. The summed E-state index contributed by atoms with van der Waals surface area (Å²) in [4.78, 5) is 32.5. The number of pyridine rings is 1. The lowest BCUT2D eigenvalue weighted by Gasteiger charge is -2.29. The molecule has 2 aliphatic heterocycles. The molecule has 136 valence electrons. The number of amides is 3. The Kier molecular flexibility index (Phi) is 5.73. The molecule has 0 unspecified atom stereocenters. The Morgan fingerprint density at radius 1 is 1.40 bits per heavy atom. The maximum absolute atomic E-state index is 12.5. The number of fused-ring (bicyclic) bond motifs is 3. The number of ether oxygens (including phenoxy) is 1. The molecule has 0 spiro atoms. The molecule has 1 N–H and O–H groups in total. The van der Waals surface area contributed by atoms with Crippen molar-refractivity contribution in [2.45, 2.75) is 31.7 Å². The summed E-state index contributed by atoms with van der Waals surface area (Å²) >= 11 is 0. The van der Waals surface area contributed by atoms with E-state index in [2.05, 4.69) is 10.3 Å². The van der Waals surface area contributed by atoms with Gasteiger partial charge in [-0.05, 0) is 31.4 Å². The first-order valence-corrected chi connectivity index (χ1v) is 8.97. The molecule has 1 aromatic heterocycles.